The van der Waals surface area contributed by atoms with Gasteiger partial charge in [0.1, 0.15) is 0 Å². The molecule has 132 valence electrons. The Bertz CT molecular complexity index is 964. The summed E-state index contributed by atoms with van der Waals surface area (Å²) in [5.41, 5.74) is 3.54. The molecule has 26 heavy (non-hydrogen) atoms. The molecule has 0 bridgehead atoms. The lowest BCUT2D eigenvalue weighted by Crippen LogP contribution is -2.42. The van der Waals surface area contributed by atoms with Crippen LogP contribution in [0.25, 0.3) is 10.8 Å². The average molecular weight is 409 g/mol. The van der Waals surface area contributed by atoms with Crippen LogP contribution in [0.15, 0.2) is 65.1 Å². The van der Waals surface area contributed by atoms with E-state index in [9.17, 15) is 4.79 Å². The van der Waals surface area contributed by atoms with Crippen LogP contribution in [0.2, 0.25) is 0 Å². The molecule has 1 N–H and O–H groups in total. The van der Waals surface area contributed by atoms with Crippen LogP contribution in [0, 0.1) is 0 Å². The van der Waals surface area contributed by atoms with Crippen LogP contribution in [0.5, 0.6) is 0 Å². The maximum Gasteiger partial charge on any atom is 0.220 e. The van der Waals surface area contributed by atoms with E-state index in [0.717, 1.165) is 28.7 Å². The zero-order valence-electron chi connectivity index (χ0n) is 14.7. The second kappa shape index (κ2) is 7.12. The Balaban J connectivity index is 1.68. The minimum Gasteiger partial charge on any atom is -0.383 e. The topological polar surface area (TPSA) is 32.3 Å². The molecule has 4 heteroatoms. The lowest BCUT2D eigenvalue weighted by molar-refractivity contribution is -0.131. The van der Waals surface area contributed by atoms with Crippen LogP contribution in [-0.2, 0) is 17.8 Å². The molecule has 3 aromatic rings. The Kier molecular flexibility index (Phi) is 4.68. The minimum atomic E-state index is 0.115. The summed E-state index contributed by atoms with van der Waals surface area (Å²) in [5.74, 6) is 0.116. The quantitative estimate of drug-likeness (QED) is 0.647. The predicted molar refractivity (Wildman–Crippen MR) is 110 cm³/mol. The van der Waals surface area contributed by atoms with Gasteiger partial charge in [-0.1, -0.05) is 58.4 Å². The number of rotatable bonds is 2. The highest BCUT2D eigenvalue weighted by Gasteiger charge is 2.26. The first-order valence-corrected chi connectivity index (χ1v) is 9.67. The molecule has 0 fully saturated rings. The number of nitrogens with one attached hydrogen (secondary N) is 1. The third-order valence-electron chi connectivity index (χ3n) is 5.12. The zero-order valence-corrected chi connectivity index (χ0v) is 16.3. The van der Waals surface area contributed by atoms with Gasteiger partial charge < -0.3 is 10.2 Å². The second-order valence-corrected chi connectivity index (χ2v) is 7.74. The number of hydrogen-bond acceptors (Lipinski definition) is 2. The van der Waals surface area contributed by atoms with Crippen LogP contribution in [-0.4, -0.2) is 23.4 Å². The fourth-order valence-corrected chi connectivity index (χ4v) is 4.20. The fraction of sp³-hybridized carbons (Fsp3) is 0.227. The molecule has 0 saturated carbocycles. The van der Waals surface area contributed by atoms with E-state index in [4.69, 9.17) is 0 Å². The molecule has 1 atom stereocenters. The Morgan fingerprint density at radius 1 is 1.15 bits per heavy atom. The van der Waals surface area contributed by atoms with E-state index in [0.29, 0.717) is 6.54 Å². The third kappa shape index (κ3) is 3.34. The molecule has 3 aromatic carbocycles. The summed E-state index contributed by atoms with van der Waals surface area (Å²) in [6.45, 7) is 3.04. The molecule has 1 heterocycles. The summed E-state index contributed by atoms with van der Waals surface area (Å²) < 4.78 is 1.04. The van der Waals surface area contributed by atoms with Gasteiger partial charge in [-0.2, -0.15) is 0 Å². The van der Waals surface area contributed by atoms with Crippen molar-refractivity contribution in [3.05, 3.63) is 76.3 Å². The number of carbonyl (C=O) groups excluding carboxylic acids is 1. The SMILES string of the molecule is CC(=O)N1Cc2cc(Br)ccc2NCC1Cc1cccc2ccccc12. The number of amides is 1. The van der Waals surface area contributed by atoms with E-state index in [-0.39, 0.29) is 11.9 Å². The average Bonchev–Trinajstić information content (AvgIpc) is 2.81. The van der Waals surface area contributed by atoms with Crippen LogP contribution >= 0.6 is 15.9 Å². The summed E-state index contributed by atoms with van der Waals surface area (Å²) in [6.07, 6.45) is 0.836. The number of fused-ring (bicyclic) bond motifs is 2. The summed E-state index contributed by atoms with van der Waals surface area (Å²) in [7, 11) is 0. The zero-order chi connectivity index (χ0) is 18.1. The van der Waals surface area contributed by atoms with Crippen molar-refractivity contribution in [1.29, 1.82) is 0 Å². The van der Waals surface area contributed by atoms with Crippen molar-refractivity contribution in [1.82, 2.24) is 4.90 Å². The van der Waals surface area contributed by atoms with E-state index >= 15 is 0 Å². The van der Waals surface area contributed by atoms with Crippen LogP contribution in [0.4, 0.5) is 5.69 Å². The van der Waals surface area contributed by atoms with Crippen molar-refractivity contribution >= 4 is 38.3 Å². The predicted octanol–water partition coefficient (Wildman–Crippen LogP) is 4.99. The van der Waals surface area contributed by atoms with E-state index in [1.165, 1.54) is 16.3 Å². The van der Waals surface area contributed by atoms with Gasteiger partial charge in [-0.3, -0.25) is 4.79 Å². The van der Waals surface area contributed by atoms with Gasteiger partial charge in [-0.05, 0) is 46.5 Å². The van der Waals surface area contributed by atoms with Crippen molar-refractivity contribution in [2.24, 2.45) is 0 Å². The Labute approximate surface area is 162 Å². The highest BCUT2D eigenvalue weighted by atomic mass is 79.9. The van der Waals surface area contributed by atoms with Gasteiger partial charge in [-0.25, -0.2) is 0 Å². The Morgan fingerprint density at radius 2 is 1.96 bits per heavy atom. The van der Waals surface area contributed by atoms with Gasteiger partial charge in [0.2, 0.25) is 5.91 Å². The van der Waals surface area contributed by atoms with Crippen molar-refractivity contribution in [3.8, 4) is 0 Å². The first kappa shape index (κ1) is 17.1. The van der Waals surface area contributed by atoms with E-state index < -0.39 is 0 Å². The molecule has 1 aliphatic rings. The molecule has 3 nitrogen and oxygen atoms in total. The van der Waals surface area contributed by atoms with E-state index in [1.807, 2.05) is 11.0 Å². The maximum absolute atomic E-state index is 12.4. The molecular weight excluding hydrogens is 388 g/mol. The number of halogens is 1. The van der Waals surface area contributed by atoms with Crippen LogP contribution < -0.4 is 5.32 Å². The van der Waals surface area contributed by atoms with Crippen molar-refractivity contribution in [2.45, 2.75) is 25.9 Å². The van der Waals surface area contributed by atoms with Crippen LogP contribution in [0.3, 0.4) is 0 Å². The minimum absolute atomic E-state index is 0.115. The van der Waals surface area contributed by atoms with E-state index in [1.54, 1.807) is 6.92 Å². The van der Waals surface area contributed by atoms with Crippen molar-refractivity contribution < 1.29 is 4.79 Å². The normalized spacial score (nSPS) is 16.7. The number of nitrogens with zero attached hydrogens (tertiary/aromatic N) is 1. The van der Waals surface area contributed by atoms with Gasteiger partial charge in [-0.15, -0.1) is 0 Å². The number of anilines is 1. The van der Waals surface area contributed by atoms with Crippen molar-refractivity contribution in [3.63, 3.8) is 0 Å². The molecule has 0 aliphatic carbocycles. The summed E-state index contributed by atoms with van der Waals surface area (Å²) in [6, 6.07) is 21.2. The van der Waals surface area contributed by atoms with Gasteiger partial charge >= 0.3 is 0 Å². The smallest absolute Gasteiger partial charge is 0.220 e. The Hall–Kier alpha value is -2.33. The molecule has 0 aromatic heterocycles. The molecule has 4 rings (SSSR count). The van der Waals surface area contributed by atoms with Gasteiger partial charge in [0.15, 0.2) is 0 Å². The maximum atomic E-state index is 12.4. The molecule has 1 amide bonds. The highest BCUT2D eigenvalue weighted by Crippen LogP contribution is 2.28. The molecule has 0 radical (unpaired) electrons. The molecule has 1 unspecified atom stereocenters. The molecule has 0 saturated heterocycles. The summed E-state index contributed by atoms with van der Waals surface area (Å²) >= 11 is 3.54. The van der Waals surface area contributed by atoms with Gasteiger partial charge in [0.25, 0.3) is 0 Å². The van der Waals surface area contributed by atoms with Gasteiger partial charge in [0.05, 0.1) is 6.04 Å². The summed E-state index contributed by atoms with van der Waals surface area (Å²) in [4.78, 5) is 14.4. The fourth-order valence-electron chi connectivity index (χ4n) is 3.79. The van der Waals surface area contributed by atoms with Gasteiger partial charge in [0, 0.05) is 30.2 Å². The first-order chi connectivity index (χ1) is 12.6. The lowest BCUT2D eigenvalue weighted by Gasteiger charge is -2.29. The number of benzene rings is 3. The lowest BCUT2D eigenvalue weighted by atomic mass is 9.98. The van der Waals surface area contributed by atoms with Crippen LogP contribution in [0.1, 0.15) is 18.1 Å². The molecule has 1 aliphatic heterocycles. The molecular formula is C22H21BrN2O. The van der Waals surface area contributed by atoms with Crippen molar-refractivity contribution in [2.75, 3.05) is 11.9 Å². The molecule has 0 spiro atoms. The third-order valence-corrected chi connectivity index (χ3v) is 5.61. The standard InChI is InChI=1S/C22H21BrN2O/c1-15(26)25-14-18-11-19(23)9-10-22(18)24-13-20(25)12-17-7-4-6-16-5-2-3-8-21(16)17/h2-11,20,24H,12-14H2,1H3. The number of carbonyl (C=O) groups is 1. The summed E-state index contributed by atoms with van der Waals surface area (Å²) in [5, 5.41) is 6.05. The Morgan fingerprint density at radius 3 is 2.81 bits per heavy atom. The van der Waals surface area contributed by atoms with E-state index in [2.05, 4.69) is 75.8 Å². The largest absolute Gasteiger partial charge is 0.383 e. The first-order valence-electron chi connectivity index (χ1n) is 8.88. The monoisotopic (exact) mass is 408 g/mol. The highest BCUT2D eigenvalue weighted by molar-refractivity contribution is 9.10. The number of hydrogen-bond donors (Lipinski definition) is 1. The second-order valence-electron chi connectivity index (χ2n) is 6.83.